The van der Waals surface area contributed by atoms with Gasteiger partial charge in [-0.15, -0.1) is 0 Å². The molecule has 0 saturated heterocycles. The monoisotopic (exact) mass is 337 g/mol. The smallest absolute Gasteiger partial charge is 0.336 e. The molecule has 1 aliphatic rings. The second-order valence-corrected chi connectivity index (χ2v) is 5.32. The lowest BCUT2D eigenvalue weighted by molar-refractivity contribution is -0.112. The van der Waals surface area contributed by atoms with E-state index in [0.29, 0.717) is 35.0 Å². The van der Waals surface area contributed by atoms with Crippen LogP contribution in [-0.2, 0) is 4.79 Å². The van der Waals surface area contributed by atoms with Crippen molar-refractivity contribution in [3.8, 4) is 11.5 Å². The van der Waals surface area contributed by atoms with Crippen LogP contribution in [0.4, 0.5) is 5.82 Å². The minimum absolute atomic E-state index is 0.174. The summed E-state index contributed by atoms with van der Waals surface area (Å²) < 4.78 is 5.75. The van der Waals surface area contributed by atoms with E-state index < -0.39 is 5.97 Å². The largest absolute Gasteiger partial charge is 0.478 e. The van der Waals surface area contributed by atoms with Crippen molar-refractivity contribution in [2.75, 3.05) is 11.9 Å². The summed E-state index contributed by atoms with van der Waals surface area (Å²) in [5.74, 6) is -0.123. The zero-order valence-corrected chi connectivity index (χ0v) is 13.4. The molecular formula is C18H15N3O4. The molecule has 0 bridgehead atoms. The lowest BCUT2D eigenvalue weighted by Gasteiger charge is -2.11. The van der Waals surface area contributed by atoms with Crippen LogP contribution < -0.4 is 10.1 Å². The van der Waals surface area contributed by atoms with Gasteiger partial charge in [-0.25, -0.2) is 9.78 Å². The van der Waals surface area contributed by atoms with Gasteiger partial charge in [0, 0.05) is 24.0 Å². The highest BCUT2D eigenvalue weighted by Gasteiger charge is 2.13. The van der Waals surface area contributed by atoms with E-state index in [1.54, 1.807) is 37.3 Å². The van der Waals surface area contributed by atoms with E-state index in [0.717, 1.165) is 0 Å². The summed E-state index contributed by atoms with van der Waals surface area (Å²) in [6, 6.07) is 8.00. The maximum absolute atomic E-state index is 12.0. The van der Waals surface area contributed by atoms with E-state index in [9.17, 15) is 14.7 Å². The molecule has 7 heteroatoms. The molecule has 0 atom stereocenters. The third-order valence-electron chi connectivity index (χ3n) is 3.62. The van der Waals surface area contributed by atoms with Gasteiger partial charge in [-0.2, -0.15) is 0 Å². The average Bonchev–Trinajstić information content (AvgIpc) is 3.11. The second-order valence-electron chi connectivity index (χ2n) is 5.32. The number of ether oxygens (including phenoxy) is 1. The molecule has 0 saturated carbocycles. The van der Waals surface area contributed by atoms with Crippen LogP contribution in [0.5, 0.6) is 11.5 Å². The summed E-state index contributed by atoms with van der Waals surface area (Å²) in [6.07, 6.45) is 4.73. The zero-order valence-electron chi connectivity index (χ0n) is 13.4. The van der Waals surface area contributed by atoms with Crippen LogP contribution >= 0.6 is 0 Å². The van der Waals surface area contributed by atoms with Gasteiger partial charge >= 0.3 is 5.97 Å². The predicted octanol–water partition coefficient (Wildman–Crippen LogP) is 2.83. The van der Waals surface area contributed by atoms with Crippen molar-refractivity contribution in [3.63, 3.8) is 0 Å². The van der Waals surface area contributed by atoms with Crippen LogP contribution in [0.2, 0.25) is 0 Å². The first-order chi connectivity index (χ1) is 12.0. The maximum Gasteiger partial charge on any atom is 0.336 e. The van der Waals surface area contributed by atoms with Gasteiger partial charge in [-0.1, -0.05) is 6.07 Å². The van der Waals surface area contributed by atoms with Crippen LogP contribution in [0.1, 0.15) is 15.9 Å². The van der Waals surface area contributed by atoms with E-state index in [1.807, 2.05) is 0 Å². The van der Waals surface area contributed by atoms with Crippen LogP contribution in [0, 0.1) is 6.92 Å². The Morgan fingerprint density at radius 1 is 1.28 bits per heavy atom. The highest BCUT2D eigenvalue weighted by atomic mass is 16.5. The number of nitrogens with one attached hydrogen (secondary N) is 1. The van der Waals surface area contributed by atoms with Gasteiger partial charge < -0.3 is 15.2 Å². The van der Waals surface area contributed by atoms with E-state index in [1.165, 1.54) is 18.5 Å². The Hall–Kier alpha value is -3.48. The standard InChI is InChI=1S/C18H15N3O4/c1-11-14(18(23)24)3-2-4-15(11)25-13-6-8-20-16(9-13)21-17(22)12-5-7-19-10-12/h2-6,8-10H,7H2,1H3,(H,23,24)(H,20,21,22). The number of rotatable bonds is 5. The first-order valence-corrected chi connectivity index (χ1v) is 7.53. The number of benzene rings is 1. The molecule has 1 amide bonds. The number of anilines is 1. The van der Waals surface area contributed by atoms with Crippen LogP contribution in [0.3, 0.4) is 0 Å². The van der Waals surface area contributed by atoms with E-state index >= 15 is 0 Å². The Morgan fingerprint density at radius 2 is 2.12 bits per heavy atom. The minimum atomic E-state index is -1.02. The zero-order chi connectivity index (χ0) is 17.8. The summed E-state index contributed by atoms with van der Waals surface area (Å²) in [6.45, 7) is 2.17. The molecule has 0 fully saturated rings. The highest BCUT2D eigenvalue weighted by Crippen LogP contribution is 2.28. The number of aromatic carboxylic acids is 1. The SMILES string of the molecule is Cc1c(Oc2ccnc(NC(=O)C3=CCN=C3)c2)cccc1C(=O)O. The Morgan fingerprint density at radius 3 is 2.84 bits per heavy atom. The summed E-state index contributed by atoms with van der Waals surface area (Å²) in [5, 5.41) is 11.8. The van der Waals surface area contributed by atoms with Gasteiger partial charge in [-0.3, -0.25) is 9.79 Å². The molecule has 0 radical (unpaired) electrons. The molecule has 0 aliphatic carbocycles. The number of carbonyl (C=O) groups excluding carboxylic acids is 1. The molecule has 1 aromatic heterocycles. The second kappa shape index (κ2) is 6.96. The van der Waals surface area contributed by atoms with Crippen molar-refractivity contribution in [1.82, 2.24) is 4.98 Å². The lowest BCUT2D eigenvalue weighted by atomic mass is 10.1. The molecule has 1 aliphatic heterocycles. The first-order valence-electron chi connectivity index (χ1n) is 7.53. The predicted molar refractivity (Wildman–Crippen MR) is 92.5 cm³/mol. The molecule has 25 heavy (non-hydrogen) atoms. The van der Waals surface area contributed by atoms with Crippen molar-refractivity contribution in [2.24, 2.45) is 4.99 Å². The molecule has 0 spiro atoms. The number of carbonyl (C=O) groups is 2. The Bertz CT molecular complexity index is 903. The van der Waals surface area contributed by atoms with Gasteiger partial charge in [0.25, 0.3) is 5.91 Å². The number of nitrogens with zero attached hydrogens (tertiary/aromatic N) is 2. The molecular weight excluding hydrogens is 322 g/mol. The Kier molecular flexibility index (Phi) is 4.56. The van der Waals surface area contributed by atoms with Crippen LogP contribution in [0.15, 0.2) is 53.2 Å². The van der Waals surface area contributed by atoms with Crippen molar-refractivity contribution in [3.05, 3.63) is 59.3 Å². The summed E-state index contributed by atoms with van der Waals surface area (Å²) >= 11 is 0. The van der Waals surface area contributed by atoms with E-state index in [2.05, 4.69) is 15.3 Å². The third-order valence-corrected chi connectivity index (χ3v) is 3.62. The van der Waals surface area contributed by atoms with Crippen molar-refractivity contribution < 1.29 is 19.4 Å². The fourth-order valence-corrected chi connectivity index (χ4v) is 2.32. The number of aliphatic imine (C=N–C) groups is 1. The molecule has 126 valence electrons. The molecule has 1 aromatic carbocycles. The maximum atomic E-state index is 12.0. The number of carboxylic acids is 1. The number of hydrogen-bond acceptors (Lipinski definition) is 5. The number of hydrogen-bond donors (Lipinski definition) is 2. The van der Waals surface area contributed by atoms with Crippen molar-refractivity contribution in [1.29, 1.82) is 0 Å². The molecule has 2 N–H and O–H groups in total. The summed E-state index contributed by atoms with van der Waals surface area (Å²) in [5.41, 5.74) is 1.18. The molecule has 2 heterocycles. The van der Waals surface area contributed by atoms with E-state index in [4.69, 9.17) is 4.74 Å². The fraction of sp³-hybridized carbons (Fsp3) is 0.111. The summed E-state index contributed by atoms with van der Waals surface area (Å²) in [4.78, 5) is 31.3. The van der Waals surface area contributed by atoms with Crippen LogP contribution in [0.25, 0.3) is 0 Å². The number of aromatic nitrogens is 1. The lowest BCUT2D eigenvalue weighted by Crippen LogP contribution is -2.15. The summed E-state index contributed by atoms with van der Waals surface area (Å²) in [7, 11) is 0. The first kappa shape index (κ1) is 16.4. The van der Waals surface area contributed by atoms with Crippen molar-refractivity contribution >= 4 is 23.9 Å². The Balaban J connectivity index is 1.78. The number of carboxylic acid groups (broad SMARTS) is 1. The topological polar surface area (TPSA) is 101 Å². The van der Waals surface area contributed by atoms with Gasteiger partial charge in [0.2, 0.25) is 0 Å². The Labute approximate surface area is 143 Å². The third kappa shape index (κ3) is 3.72. The van der Waals surface area contributed by atoms with Crippen LogP contribution in [-0.4, -0.2) is 34.7 Å². The number of pyridine rings is 1. The molecule has 0 unspecified atom stereocenters. The highest BCUT2D eigenvalue weighted by molar-refractivity contribution is 6.18. The fourth-order valence-electron chi connectivity index (χ4n) is 2.32. The molecule has 7 nitrogen and oxygen atoms in total. The van der Waals surface area contributed by atoms with Gasteiger partial charge in [0.1, 0.15) is 17.3 Å². The van der Waals surface area contributed by atoms with Gasteiger partial charge in [0.05, 0.1) is 17.7 Å². The number of amides is 1. The quantitative estimate of drug-likeness (QED) is 0.873. The molecule has 2 aromatic rings. The van der Waals surface area contributed by atoms with E-state index in [-0.39, 0.29) is 11.5 Å². The molecule has 3 rings (SSSR count). The van der Waals surface area contributed by atoms with Gasteiger partial charge in [0.15, 0.2) is 0 Å². The minimum Gasteiger partial charge on any atom is -0.478 e. The normalized spacial score (nSPS) is 12.6. The van der Waals surface area contributed by atoms with Crippen molar-refractivity contribution in [2.45, 2.75) is 6.92 Å². The average molecular weight is 337 g/mol. The van der Waals surface area contributed by atoms with Gasteiger partial charge in [-0.05, 0) is 31.2 Å².